The van der Waals surface area contributed by atoms with Gasteiger partial charge in [0.05, 0.1) is 0 Å². The van der Waals surface area contributed by atoms with Crippen molar-refractivity contribution < 1.29 is 4.79 Å². The number of hydrogen-bond donors (Lipinski definition) is 1. The van der Waals surface area contributed by atoms with E-state index in [0.717, 1.165) is 18.5 Å². The summed E-state index contributed by atoms with van der Waals surface area (Å²) in [5.41, 5.74) is 0.817. The van der Waals surface area contributed by atoms with Gasteiger partial charge in [0.15, 0.2) is 0 Å². The van der Waals surface area contributed by atoms with Gasteiger partial charge in [0, 0.05) is 17.1 Å². The van der Waals surface area contributed by atoms with Gasteiger partial charge in [-0.15, -0.1) is 0 Å². The highest BCUT2D eigenvalue weighted by atomic mass is 35.5. The van der Waals surface area contributed by atoms with Crippen LogP contribution < -0.4 is 5.32 Å². The normalized spacial score (nSPS) is 11.2. The Hall–Kier alpha value is -1.28. The van der Waals surface area contributed by atoms with Crippen LogP contribution in [0.15, 0.2) is 36.4 Å². The fraction of sp³-hybridized carbons (Fsp3) is 0.625. The minimum Gasteiger partial charge on any atom is -0.326 e. The van der Waals surface area contributed by atoms with Crippen molar-refractivity contribution >= 4 is 23.2 Å². The Kier molecular flexibility index (Phi) is 14.8. The maximum atomic E-state index is 11.9. The molecule has 1 aromatic rings. The zero-order valence-corrected chi connectivity index (χ0v) is 17.9. The van der Waals surface area contributed by atoms with Crippen LogP contribution >= 0.6 is 11.6 Å². The number of rotatable bonds is 16. The molecule has 152 valence electrons. The molecule has 0 aliphatic carbocycles. The number of anilines is 1. The van der Waals surface area contributed by atoms with Gasteiger partial charge < -0.3 is 5.32 Å². The lowest BCUT2D eigenvalue weighted by molar-refractivity contribution is -0.116. The van der Waals surface area contributed by atoms with Gasteiger partial charge in [-0.05, 0) is 56.4 Å². The summed E-state index contributed by atoms with van der Waals surface area (Å²) in [5, 5.41) is 3.60. The summed E-state index contributed by atoms with van der Waals surface area (Å²) in [7, 11) is 0. The molecule has 0 aliphatic rings. The largest absolute Gasteiger partial charge is 0.326 e. The Balaban J connectivity index is 1.86. The van der Waals surface area contributed by atoms with Gasteiger partial charge in [-0.25, -0.2) is 0 Å². The summed E-state index contributed by atoms with van der Waals surface area (Å²) < 4.78 is 0. The second-order valence-electron chi connectivity index (χ2n) is 7.39. The van der Waals surface area contributed by atoms with Gasteiger partial charge in [-0.1, -0.05) is 82.0 Å². The first kappa shape index (κ1) is 23.8. The van der Waals surface area contributed by atoms with Crippen molar-refractivity contribution in [3.05, 3.63) is 41.4 Å². The number of nitrogens with one attached hydrogen (secondary N) is 1. The minimum atomic E-state index is 0.0925. The predicted octanol–water partition coefficient (Wildman–Crippen LogP) is 8.32. The first-order chi connectivity index (χ1) is 13.2. The summed E-state index contributed by atoms with van der Waals surface area (Å²) in [4.78, 5) is 11.9. The summed E-state index contributed by atoms with van der Waals surface area (Å²) in [5.74, 6) is 0.0925. The number of carbonyl (C=O) groups is 1. The van der Waals surface area contributed by atoms with Crippen LogP contribution in [-0.2, 0) is 4.79 Å². The van der Waals surface area contributed by atoms with Crippen LogP contribution in [0.4, 0.5) is 5.69 Å². The Morgan fingerprint density at radius 3 is 1.93 bits per heavy atom. The molecule has 27 heavy (non-hydrogen) atoms. The first-order valence-electron chi connectivity index (χ1n) is 10.9. The Labute approximate surface area is 171 Å². The predicted molar refractivity (Wildman–Crippen MR) is 120 cm³/mol. The van der Waals surface area contributed by atoms with E-state index in [9.17, 15) is 4.79 Å². The molecule has 0 atom stereocenters. The monoisotopic (exact) mass is 391 g/mol. The zero-order valence-electron chi connectivity index (χ0n) is 17.1. The van der Waals surface area contributed by atoms with Crippen molar-refractivity contribution in [2.45, 2.75) is 96.8 Å². The van der Waals surface area contributed by atoms with Gasteiger partial charge in [-0.2, -0.15) is 0 Å². The highest BCUT2D eigenvalue weighted by Crippen LogP contribution is 2.14. The molecule has 1 amide bonds. The van der Waals surface area contributed by atoms with Gasteiger partial charge in [0.25, 0.3) is 0 Å². The topological polar surface area (TPSA) is 29.1 Å². The van der Waals surface area contributed by atoms with Crippen LogP contribution in [0, 0.1) is 0 Å². The van der Waals surface area contributed by atoms with Crippen LogP contribution in [0.3, 0.4) is 0 Å². The van der Waals surface area contributed by atoms with Gasteiger partial charge in [0.2, 0.25) is 5.91 Å². The molecule has 1 aromatic carbocycles. The lowest BCUT2D eigenvalue weighted by Crippen LogP contribution is -2.10. The molecule has 0 aliphatic heterocycles. The van der Waals surface area contributed by atoms with E-state index in [-0.39, 0.29) is 5.91 Å². The fourth-order valence-corrected chi connectivity index (χ4v) is 3.24. The Morgan fingerprint density at radius 2 is 1.33 bits per heavy atom. The van der Waals surface area contributed by atoms with Crippen molar-refractivity contribution in [1.29, 1.82) is 0 Å². The van der Waals surface area contributed by atoms with Gasteiger partial charge >= 0.3 is 0 Å². The van der Waals surface area contributed by atoms with Crippen LogP contribution in [0.2, 0.25) is 5.02 Å². The molecular weight excluding hydrogens is 354 g/mol. The molecule has 0 bridgehead atoms. The SMILES string of the molecule is CCCCCCCC/C=C\CCCCCCCC(=O)Nc1ccc(Cl)cc1. The number of amides is 1. The third-order valence-electron chi connectivity index (χ3n) is 4.79. The van der Waals surface area contributed by atoms with E-state index < -0.39 is 0 Å². The van der Waals surface area contributed by atoms with Crippen LogP contribution in [0.25, 0.3) is 0 Å². The maximum Gasteiger partial charge on any atom is 0.224 e. The number of allylic oxidation sites excluding steroid dienone is 2. The molecule has 0 saturated heterocycles. The summed E-state index contributed by atoms with van der Waals surface area (Å²) in [6.45, 7) is 2.27. The molecule has 0 unspecified atom stereocenters. The average Bonchev–Trinajstić information content (AvgIpc) is 2.66. The first-order valence-corrected chi connectivity index (χ1v) is 11.3. The summed E-state index contributed by atoms with van der Waals surface area (Å²) >= 11 is 5.84. The molecule has 2 nitrogen and oxygen atoms in total. The molecule has 1 N–H and O–H groups in total. The summed E-state index contributed by atoms with van der Waals surface area (Å²) in [6, 6.07) is 7.25. The molecule has 3 heteroatoms. The molecule has 0 aromatic heterocycles. The van der Waals surface area contributed by atoms with Crippen molar-refractivity contribution in [1.82, 2.24) is 0 Å². The Bertz CT molecular complexity index is 510. The van der Waals surface area contributed by atoms with E-state index in [2.05, 4.69) is 24.4 Å². The molecule has 0 saturated carbocycles. The van der Waals surface area contributed by atoms with Crippen molar-refractivity contribution in [2.24, 2.45) is 0 Å². The zero-order chi connectivity index (χ0) is 19.6. The van der Waals surface area contributed by atoms with E-state index in [4.69, 9.17) is 11.6 Å². The number of unbranched alkanes of at least 4 members (excludes halogenated alkanes) is 11. The lowest BCUT2D eigenvalue weighted by Gasteiger charge is -2.05. The minimum absolute atomic E-state index is 0.0925. The molecular formula is C24H38ClNO. The van der Waals surface area contributed by atoms with Crippen molar-refractivity contribution in [2.75, 3.05) is 5.32 Å². The van der Waals surface area contributed by atoms with Crippen molar-refractivity contribution in [3.63, 3.8) is 0 Å². The van der Waals surface area contributed by atoms with E-state index in [0.29, 0.717) is 11.4 Å². The number of halogens is 1. The summed E-state index contributed by atoms with van der Waals surface area (Å²) in [6.07, 6.45) is 21.9. The molecule has 0 radical (unpaired) electrons. The quantitative estimate of drug-likeness (QED) is 0.222. The number of hydrogen-bond acceptors (Lipinski definition) is 1. The van der Waals surface area contributed by atoms with Crippen LogP contribution in [-0.4, -0.2) is 5.91 Å². The number of benzene rings is 1. The third-order valence-corrected chi connectivity index (χ3v) is 5.05. The van der Waals surface area contributed by atoms with Gasteiger partial charge in [0.1, 0.15) is 0 Å². The standard InChI is InChI=1S/C24H38ClNO/c1-2-3-4-5-6-7-8-9-10-11-12-13-14-15-16-17-24(27)26-23-20-18-22(25)19-21-23/h9-10,18-21H,2-8,11-17H2,1H3,(H,26,27)/b10-9-. The molecule has 0 heterocycles. The molecule has 1 rings (SSSR count). The molecule has 0 fully saturated rings. The van der Waals surface area contributed by atoms with Crippen LogP contribution in [0.1, 0.15) is 96.8 Å². The smallest absolute Gasteiger partial charge is 0.224 e. The second-order valence-corrected chi connectivity index (χ2v) is 7.83. The van der Waals surface area contributed by atoms with E-state index in [1.165, 1.54) is 70.6 Å². The number of carbonyl (C=O) groups excluding carboxylic acids is 1. The third kappa shape index (κ3) is 14.4. The highest BCUT2D eigenvalue weighted by Gasteiger charge is 2.02. The van der Waals surface area contributed by atoms with E-state index in [1.54, 1.807) is 12.1 Å². The van der Waals surface area contributed by atoms with Crippen molar-refractivity contribution in [3.8, 4) is 0 Å². The molecule has 0 spiro atoms. The maximum absolute atomic E-state index is 11.9. The van der Waals surface area contributed by atoms with Crippen LogP contribution in [0.5, 0.6) is 0 Å². The fourth-order valence-electron chi connectivity index (χ4n) is 3.11. The lowest BCUT2D eigenvalue weighted by atomic mass is 10.1. The Morgan fingerprint density at radius 1 is 0.815 bits per heavy atom. The van der Waals surface area contributed by atoms with E-state index in [1.807, 2.05) is 12.1 Å². The average molecular weight is 392 g/mol. The highest BCUT2D eigenvalue weighted by molar-refractivity contribution is 6.30. The van der Waals surface area contributed by atoms with Gasteiger partial charge in [-0.3, -0.25) is 4.79 Å². The second kappa shape index (κ2) is 16.9. The van der Waals surface area contributed by atoms with E-state index >= 15 is 0 Å².